The van der Waals surface area contributed by atoms with Crippen LogP contribution in [0, 0.1) is 0 Å². The molecule has 0 spiro atoms. The SMILES string of the molecule is CC(NCC1=CCCC=C1)c1ccccc1. The van der Waals surface area contributed by atoms with Gasteiger partial charge in [0, 0.05) is 12.6 Å². The molecule has 2 rings (SSSR count). The van der Waals surface area contributed by atoms with Gasteiger partial charge in [-0.25, -0.2) is 0 Å². The van der Waals surface area contributed by atoms with Gasteiger partial charge in [0.25, 0.3) is 0 Å². The second-order valence-corrected chi connectivity index (χ2v) is 4.27. The zero-order valence-electron chi connectivity index (χ0n) is 9.82. The summed E-state index contributed by atoms with van der Waals surface area (Å²) in [6, 6.07) is 11.0. The first-order valence-electron chi connectivity index (χ1n) is 6.00. The lowest BCUT2D eigenvalue weighted by Gasteiger charge is -2.15. The van der Waals surface area contributed by atoms with Crippen molar-refractivity contribution in [1.82, 2.24) is 5.32 Å². The highest BCUT2D eigenvalue weighted by Crippen LogP contribution is 2.13. The van der Waals surface area contributed by atoms with Crippen LogP contribution in [0.3, 0.4) is 0 Å². The van der Waals surface area contributed by atoms with Crippen molar-refractivity contribution < 1.29 is 0 Å². The third-order valence-electron chi connectivity index (χ3n) is 2.98. The highest BCUT2D eigenvalue weighted by atomic mass is 14.9. The number of hydrogen-bond donors (Lipinski definition) is 1. The summed E-state index contributed by atoms with van der Waals surface area (Å²) in [6.45, 7) is 3.18. The van der Waals surface area contributed by atoms with E-state index in [0.29, 0.717) is 6.04 Å². The molecule has 16 heavy (non-hydrogen) atoms. The predicted octanol–water partition coefficient (Wildman–Crippen LogP) is 3.61. The number of allylic oxidation sites excluding steroid dienone is 2. The first-order chi connectivity index (χ1) is 7.86. The maximum absolute atomic E-state index is 3.55. The van der Waals surface area contributed by atoms with Gasteiger partial charge in [-0.15, -0.1) is 0 Å². The minimum absolute atomic E-state index is 0.414. The van der Waals surface area contributed by atoms with Gasteiger partial charge in [0.05, 0.1) is 0 Å². The van der Waals surface area contributed by atoms with Crippen LogP contribution in [-0.4, -0.2) is 6.54 Å². The Labute approximate surface area is 97.9 Å². The molecule has 1 nitrogen and oxygen atoms in total. The topological polar surface area (TPSA) is 12.0 Å². The lowest BCUT2D eigenvalue weighted by molar-refractivity contribution is 0.609. The van der Waals surface area contributed by atoms with Gasteiger partial charge in [-0.3, -0.25) is 0 Å². The molecule has 1 heteroatoms. The Morgan fingerprint density at radius 2 is 2.00 bits per heavy atom. The average Bonchev–Trinajstić information content (AvgIpc) is 2.38. The van der Waals surface area contributed by atoms with E-state index in [4.69, 9.17) is 0 Å². The summed E-state index contributed by atoms with van der Waals surface area (Å²) in [5.74, 6) is 0. The second-order valence-electron chi connectivity index (χ2n) is 4.27. The van der Waals surface area contributed by atoms with Crippen molar-refractivity contribution in [3.63, 3.8) is 0 Å². The zero-order valence-corrected chi connectivity index (χ0v) is 9.82. The number of benzene rings is 1. The van der Waals surface area contributed by atoms with Gasteiger partial charge in [0.2, 0.25) is 0 Å². The largest absolute Gasteiger partial charge is 0.306 e. The Morgan fingerprint density at radius 3 is 2.69 bits per heavy atom. The van der Waals surface area contributed by atoms with Crippen molar-refractivity contribution in [2.24, 2.45) is 0 Å². The van der Waals surface area contributed by atoms with E-state index in [9.17, 15) is 0 Å². The second kappa shape index (κ2) is 5.66. The highest BCUT2D eigenvalue weighted by molar-refractivity contribution is 5.24. The summed E-state index contributed by atoms with van der Waals surface area (Å²) in [4.78, 5) is 0. The van der Waals surface area contributed by atoms with E-state index in [0.717, 1.165) is 6.54 Å². The summed E-state index contributed by atoms with van der Waals surface area (Å²) >= 11 is 0. The minimum Gasteiger partial charge on any atom is -0.306 e. The minimum atomic E-state index is 0.414. The standard InChI is InChI=1S/C15H19N/c1-13(15-10-6-3-7-11-15)16-12-14-8-4-2-5-9-14/h3-4,6-11,13,16H,2,5,12H2,1H3. The fourth-order valence-corrected chi connectivity index (χ4v) is 1.93. The molecular formula is C15H19N. The van der Waals surface area contributed by atoms with Gasteiger partial charge in [-0.1, -0.05) is 48.6 Å². The van der Waals surface area contributed by atoms with Crippen LogP contribution < -0.4 is 5.32 Å². The van der Waals surface area contributed by atoms with Crippen LogP contribution in [0.4, 0.5) is 0 Å². The molecule has 0 fully saturated rings. The summed E-state index contributed by atoms with van der Waals surface area (Å²) < 4.78 is 0. The average molecular weight is 213 g/mol. The summed E-state index contributed by atoms with van der Waals surface area (Å²) in [5.41, 5.74) is 2.76. The molecule has 0 aromatic heterocycles. The smallest absolute Gasteiger partial charge is 0.0294 e. The van der Waals surface area contributed by atoms with Gasteiger partial charge < -0.3 is 5.32 Å². The van der Waals surface area contributed by atoms with Crippen LogP contribution in [0.15, 0.2) is 54.1 Å². The molecule has 84 valence electrons. The van der Waals surface area contributed by atoms with E-state index in [-0.39, 0.29) is 0 Å². The third kappa shape index (κ3) is 3.07. The zero-order chi connectivity index (χ0) is 11.2. The Morgan fingerprint density at radius 1 is 1.19 bits per heavy atom. The molecule has 0 radical (unpaired) electrons. The summed E-state index contributed by atoms with van der Waals surface area (Å²) in [7, 11) is 0. The van der Waals surface area contributed by atoms with E-state index in [1.54, 1.807) is 0 Å². The normalized spacial score (nSPS) is 16.9. The van der Waals surface area contributed by atoms with Crippen LogP contribution >= 0.6 is 0 Å². The summed E-state index contributed by atoms with van der Waals surface area (Å²) in [6.07, 6.45) is 9.19. The van der Waals surface area contributed by atoms with Gasteiger partial charge in [0.1, 0.15) is 0 Å². The maximum Gasteiger partial charge on any atom is 0.0294 e. The molecule has 0 saturated heterocycles. The lowest BCUT2D eigenvalue weighted by Crippen LogP contribution is -2.21. The molecule has 1 aromatic carbocycles. The molecular weight excluding hydrogens is 194 g/mol. The van der Waals surface area contributed by atoms with E-state index in [2.05, 4.69) is 60.8 Å². The third-order valence-corrected chi connectivity index (χ3v) is 2.98. The molecule has 1 aromatic rings. The van der Waals surface area contributed by atoms with Crippen LogP contribution in [0.1, 0.15) is 31.4 Å². The molecule has 1 aliphatic carbocycles. The van der Waals surface area contributed by atoms with E-state index < -0.39 is 0 Å². The molecule has 1 N–H and O–H groups in total. The molecule has 1 atom stereocenters. The maximum atomic E-state index is 3.55. The molecule has 0 bridgehead atoms. The van der Waals surface area contributed by atoms with E-state index >= 15 is 0 Å². The number of nitrogens with one attached hydrogen (secondary N) is 1. The first-order valence-corrected chi connectivity index (χ1v) is 6.00. The lowest BCUT2D eigenvalue weighted by atomic mass is 10.1. The fraction of sp³-hybridized carbons (Fsp3) is 0.333. The van der Waals surface area contributed by atoms with Gasteiger partial charge in [-0.05, 0) is 30.9 Å². The Kier molecular flexibility index (Phi) is 3.95. The van der Waals surface area contributed by atoms with Crippen LogP contribution in [-0.2, 0) is 0 Å². The molecule has 0 amide bonds. The van der Waals surface area contributed by atoms with Crippen molar-refractivity contribution in [2.45, 2.75) is 25.8 Å². The van der Waals surface area contributed by atoms with Crippen molar-refractivity contribution in [3.8, 4) is 0 Å². The molecule has 1 aliphatic rings. The van der Waals surface area contributed by atoms with Crippen LogP contribution in [0.2, 0.25) is 0 Å². The molecule has 0 saturated carbocycles. The van der Waals surface area contributed by atoms with Crippen molar-refractivity contribution in [2.75, 3.05) is 6.54 Å². The Hall–Kier alpha value is -1.34. The monoisotopic (exact) mass is 213 g/mol. The summed E-state index contributed by atoms with van der Waals surface area (Å²) in [5, 5.41) is 3.55. The molecule has 0 heterocycles. The molecule has 1 unspecified atom stereocenters. The van der Waals surface area contributed by atoms with Crippen LogP contribution in [0.5, 0.6) is 0 Å². The predicted molar refractivity (Wildman–Crippen MR) is 69.3 cm³/mol. The number of hydrogen-bond acceptors (Lipinski definition) is 1. The fourth-order valence-electron chi connectivity index (χ4n) is 1.93. The van der Waals surface area contributed by atoms with Crippen molar-refractivity contribution in [3.05, 3.63) is 59.7 Å². The Balaban J connectivity index is 1.86. The van der Waals surface area contributed by atoms with Crippen LogP contribution in [0.25, 0.3) is 0 Å². The van der Waals surface area contributed by atoms with Crippen molar-refractivity contribution >= 4 is 0 Å². The van der Waals surface area contributed by atoms with E-state index in [1.165, 1.54) is 24.0 Å². The van der Waals surface area contributed by atoms with Crippen molar-refractivity contribution in [1.29, 1.82) is 0 Å². The van der Waals surface area contributed by atoms with Gasteiger partial charge >= 0.3 is 0 Å². The van der Waals surface area contributed by atoms with E-state index in [1.807, 2.05) is 0 Å². The first kappa shape index (κ1) is 11.2. The number of rotatable bonds is 4. The van der Waals surface area contributed by atoms with Gasteiger partial charge in [-0.2, -0.15) is 0 Å². The van der Waals surface area contributed by atoms with Gasteiger partial charge in [0.15, 0.2) is 0 Å². The molecule has 0 aliphatic heterocycles. The highest BCUT2D eigenvalue weighted by Gasteiger charge is 2.04. The Bertz CT molecular complexity index is 376. The quantitative estimate of drug-likeness (QED) is 0.805.